The van der Waals surface area contributed by atoms with Gasteiger partial charge in [0.05, 0.1) is 17.0 Å². The second-order valence-electron chi connectivity index (χ2n) is 5.96. The normalized spacial score (nSPS) is 11.7. The Kier molecular flexibility index (Phi) is 7.54. The Morgan fingerprint density at radius 2 is 1.53 bits per heavy atom. The van der Waals surface area contributed by atoms with Crippen LogP contribution in [0, 0.1) is 0 Å². The van der Waals surface area contributed by atoms with Crippen LogP contribution in [0.4, 0.5) is 24.5 Å². The fourth-order valence-corrected chi connectivity index (χ4v) is 3.28. The van der Waals surface area contributed by atoms with Crippen LogP contribution in [-0.2, 0) is 30.5 Å². The molecule has 30 heavy (non-hydrogen) atoms. The average Bonchev–Trinajstić information content (AvgIpc) is 2.68. The first kappa shape index (κ1) is 23.3. The van der Waals surface area contributed by atoms with Gasteiger partial charge < -0.3 is 15.4 Å². The number of halogens is 3. The summed E-state index contributed by atoms with van der Waals surface area (Å²) in [5, 5.41) is 4.98. The van der Waals surface area contributed by atoms with E-state index in [-0.39, 0.29) is 12.5 Å². The van der Waals surface area contributed by atoms with E-state index >= 15 is 0 Å². The first-order chi connectivity index (χ1) is 14.0. The summed E-state index contributed by atoms with van der Waals surface area (Å²) in [4.78, 5) is 22.8. The van der Waals surface area contributed by atoms with Crippen molar-refractivity contribution in [1.29, 1.82) is 0 Å². The van der Waals surface area contributed by atoms with Crippen LogP contribution in [0.5, 0.6) is 0 Å². The molecule has 0 heterocycles. The van der Waals surface area contributed by atoms with Gasteiger partial charge in [0.2, 0.25) is 21.8 Å². The van der Waals surface area contributed by atoms with Gasteiger partial charge in [0.15, 0.2) is 0 Å². The number of anilines is 2. The van der Waals surface area contributed by atoms with Crippen LogP contribution >= 0.6 is 0 Å². The first-order valence-corrected chi connectivity index (χ1v) is 9.85. The molecule has 0 saturated carbocycles. The van der Waals surface area contributed by atoms with E-state index in [1.165, 1.54) is 31.4 Å². The van der Waals surface area contributed by atoms with Crippen LogP contribution in [0.15, 0.2) is 53.4 Å². The summed E-state index contributed by atoms with van der Waals surface area (Å²) >= 11 is 0. The number of hydrogen-bond acceptors (Lipinski definition) is 5. The lowest BCUT2D eigenvalue weighted by Crippen LogP contribution is -2.33. The molecule has 0 bridgehead atoms. The maximum atomic E-state index is 12.7. The van der Waals surface area contributed by atoms with Crippen molar-refractivity contribution >= 4 is 33.2 Å². The number of benzene rings is 2. The van der Waals surface area contributed by atoms with Crippen molar-refractivity contribution in [2.24, 2.45) is 0 Å². The molecule has 0 fully saturated rings. The third kappa shape index (κ3) is 6.83. The Bertz CT molecular complexity index is 1010. The summed E-state index contributed by atoms with van der Waals surface area (Å²) in [5.74, 6) is -1.10. The van der Waals surface area contributed by atoms with Crippen LogP contribution < -0.4 is 15.4 Å². The van der Waals surface area contributed by atoms with E-state index in [4.69, 9.17) is 0 Å². The SMILES string of the molecule is COCC(=O)Nc1ccc(NC(=O)CNS(=O)(=O)c2cccc(C(F)(F)F)c2)cc1. The Balaban J connectivity index is 1.95. The molecule has 0 aliphatic carbocycles. The van der Waals surface area contributed by atoms with Crippen molar-refractivity contribution in [2.45, 2.75) is 11.1 Å². The first-order valence-electron chi connectivity index (χ1n) is 8.37. The summed E-state index contributed by atoms with van der Waals surface area (Å²) < 4.78 is 69.2. The highest BCUT2D eigenvalue weighted by molar-refractivity contribution is 7.89. The predicted molar refractivity (Wildman–Crippen MR) is 102 cm³/mol. The van der Waals surface area contributed by atoms with Gasteiger partial charge in [-0.3, -0.25) is 9.59 Å². The Morgan fingerprint density at radius 3 is 2.07 bits per heavy atom. The molecule has 0 spiro atoms. The number of rotatable bonds is 8. The third-order valence-corrected chi connectivity index (χ3v) is 5.02. The van der Waals surface area contributed by atoms with Crippen molar-refractivity contribution < 1.29 is 35.9 Å². The molecule has 2 aromatic rings. The topological polar surface area (TPSA) is 114 Å². The van der Waals surface area contributed by atoms with E-state index in [2.05, 4.69) is 15.4 Å². The van der Waals surface area contributed by atoms with E-state index < -0.39 is 39.1 Å². The third-order valence-electron chi connectivity index (χ3n) is 3.62. The molecule has 2 amide bonds. The summed E-state index contributed by atoms with van der Waals surface area (Å²) in [7, 11) is -2.95. The van der Waals surface area contributed by atoms with Crippen LogP contribution in [0.25, 0.3) is 0 Å². The highest BCUT2D eigenvalue weighted by Crippen LogP contribution is 2.30. The fraction of sp³-hybridized carbons (Fsp3) is 0.222. The second-order valence-corrected chi connectivity index (χ2v) is 7.72. The molecule has 0 radical (unpaired) electrons. The van der Waals surface area contributed by atoms with Gasteiger partial charge in [-0.2, -0.15) is 13.2 Å². The van der Waals surface area contributed by atoms with Crippen molar-refractivity contribution in [3.05, 3.63) is 54.1 Å². The zero-order valence-corrected chi connectivity index (χ0v) is 16.4. The molecule has 0 aromatic heterocycles. The van der Waals surface area contributed by atoms with Crippen LogP contribution in [-0.4, -0.2) is 40.5 Å². The highest BCUT2D eigenvalue weighted by Gasteiger charge is 2.31. The Morgan fingerprint density at radius 1 is 0.967 bits per heavy atom. The number of alkyl halides is 3. The predicted octanol–water partition coefficient (Wildman–Crippen LogP) is 2.21. The fourth-order valence-electron chi connectivity index (χ4n) is 2.25. The Hall–Kier alpha value is -2.96. The molecule has 0 atom stereocenters. The van der Waals surface area contributed by atoms with Gasteiger partial charge in [0.1, 0.15) is 6.61 Å². The van der Waals surface area contributed by atoms with E-state index in [0.29, 0.717) is 17.4 Å². The van der Waals surface area contributed by atoms with Crippen LogP contribution in [0.2, 0.25) is 0 Å². The van der Waals surface area contributed by atoms with E-state index in [0.717, 1.165) is 18.2 Å². The molecular weight excluding hydrogens is 427 g/mol. The van der Waals surface area contributed by atoms with Crippen molar-refractivity contribution in [3.63, 3.8) is 0 Å². The maximum absolute atomic E-state index is 12.7. The van der Waals surface area contributed by atoms with E-state index in [9.17, 15) is 31.2 Å². The number of amides is 2. The van der Waals surface area contributed by atoms with E-state index in [1.807, 2.05) is 4.72 Å². The minimum atomic E-state index is -4.70. The molecule has 0 aliphatic rings. The second kappa shape index (κ2) is 9.69. The number of methoxy groups -OCH3 is 1. The zero-order valence-electron chi connectivity index (χ0n) is 15.6. The van der Waals surface area contributed by atoms with Gasteiger partial charge in [0, 0.05) is 18.5 Å². The average molecular weight is 445 g/mol. The van der Waals surface area contributed by atoms with Gasteiger partial charge in [-0.1, -0.05) is 6.07 Å². The minimum Gasteiger partial charge on any atom is -0.375 e. The quantitative estimate of drug-likeness (QED) is 0.577. The van der Waals surface area contributed by atoms with Crippen molar-refractivity contribution in [3.8, 4) is 0 Å². The monoisotopic (exact) mass is 445 g/mol. The van der Waals surface area contributed by atoms with Gasteiger partial charge in [-0.15, -0.1) is 0 Å². The Labute approximate surface area is 170 Å². The lowest BCUT2D eigenvalue weighted by atomic mass is 10.2. The lowest BCUT2D eigenvalue weighted by molar-refractivity contribution is -0.137. The molecule has 162 valence electrons. The van der Waals surface area contributed by atoms with Crippen molar-refractivity contribution in [2.75, 3.05) is 30.9 Å². The molecule has 0 saturated heterocycles. The summed E-state index contributed by atoms with van der Waals surface area (Å²) in [6, 6.07) is 9.15. The summed E-state index contributed by atoms with van der Waals surface area (Å²) in [6.45, 7) is -0.810. The van der Waals surface area contributed by atoms with Gasteiger partial charge >= 0.3 is 6.18 Å². The van der Waals surface area contributed by atoms with Crippen molar-refractivity contribution in [1.82, 2.24) is 4.72 Å². The molecule has 8 nitrogen and oxygen atoms in total. The standard InChI is InChI=1S/C18H18F3N3O5S/c1-29-11-17(26)24-14-7-5-13(6-8-14)23-16(25)10-22-30(27,28)15-4-2-3-12(9-15)18(19,20)21/h2-9,22H,10-11H2,1H3,(H,23,25)(H,24,26). The molecule has 2 rings (SSSR count). The lowest BCUT2D eigenvalue weighted by Gasteiger charge is -2.11. The van der Waals surface area contributed by atoms with Gasteiger partial charge in [-0.25, -0.2) is 13.1 Å². The van der Waals surface area contributed by atoms with Gasteiger partial charge in [0.25, 0.3) is 0 Å². The summed E-state index contributed by atoms with van der Waals surface area (Å²) in [5.41, 5.74) is -0.337. The maximum Gasteiger partial charge on any atom is 0.416 e. The number of hydrogen-bond donors (Lipinski definition) is 3. The largest absolute Gasteiger partial charge is 0.416 e. The number of carbonyl (C=O) groups is 2. The van der Waals surface area contributed by atoms with Crippen LogP contribution in [0.1, 0.15) is 5.56 Å². The zero-order chi connectivity index (χ0) is 22.4. The van der Waals surface area contributed by atoms with E-state index in [1.54, 1.807) is 0 Å². The number of ether oxygens (including phenoxy) is 1. The molecule has 0 unspecified atom stereocenters. The molecule has 3 N–H and O–H groups in total. The molecule has 12 heteroatoms. The van der Waals surface area contributed by atoms with Gasteiger partial charge in [-0.05, 0) is 42.5 Å². The highest BCUT2D eigenvalue weighted by atomic mass is 32.2. The number of sulfonamides is 1. The molecule has 2 aromatic carbocycles. The molecular formula is C18H18F3N3O5S. The van der Waals surface area contributed by atoms with Crippen LogP contribution in [0.3, 0.4) is 0 Å². The summed E-state index contributed by atoms with van der Waals surface area (Å²) in [6.07, 6.45) is -4.70. The molecule has 0 aliphatic heterocycles. The number of carbonyl (C=O) groups excluding carboxylic acids is 2. The smallest absolute Gasteiger partial charge is 0.375 e. The number of nitrogens with one attached hydrogen (secondary N) is 3. The minimum absolute atomic E-state index is 0.121.